The first-order chi connectivity index (χ1) is 8.00. The molecule has 0 spiro atoms. The Morgan fingerprint density at radius 1 is 1.41 bits per heavy atom. The maximum absolute atomic E-state index is 11.2. The van der Waals surface area contributed by atoms with Gasteiger partial charge in [0.15, 0.2) is 0 Å². The SMILES string of the molecule is CC(CCNC1CCC(C(=O)O)CC1)S(C)=O. The third kappa shape index (κ3) is 5.17. The van der Waals surface area contributed by atoms with Crippen LogP contribution in [0, 0.1) is 5.92 Å². The van der Waals surface area contributed by atoms with E-state index in [1.165, 1.54) is 0 Å². The molecule has 0 bridgehead atoms. The minimum Gasteiger partial charge on any atom is -0.481 e. The summed E-state index contributed by atoms with van der Waals surface area (Å²) in [5.74, 6) is -0.798. The smallest absolute Gasteiger partial charge is 0.306 e. The van der Waals surface area contributed by atoms with Gasteiger partial charge in [0.25, 0.3) is 0 Å². The lowest BCUT2D eigenvalue weighted by Crippen LogP contribution is -2.36. The van der Waals surface area contributed by atoms with E-state index in [0.29, 0.717) is 6.04 Å². The zero-order chi connectivity index (χ0) is 12.8. The van der Waals surface area contributed by atoms with Crippen molar-refractivity contribution in [3.8, 4) is 0 Å². The molecule has 17 heavy (non-hydrogen) atoms. The Bertz CT molecular complexity index is 275. The number of rotatable bonds is 6. The fourth-order valence-corrected chi connectivity index (χ4v) is 2.65. The van der Waals surface area contributed by atoms with Gasteiger partial charge in [0.1, 0.15) is 0 Å². The number of carboxylic acid groups (broad SMARTS) is 1. The highest BCUT2D eigenvalue weighted by molar-refractivity contribution is 7.84. The van der Waals surface area contributed by atoms with E-state index in [-0.39, 0.29) is 11.2 Å². The second-order valence-electron chi connectivity index (χ2n) is 4.94. The highest BCUT2D eigenvalue weighted by Crippen LogP contribution is 2.24. The average molecular weight is 261 g/mol. The summed E-state index contributed by atoms with van der Waals surface area (Å²) in [6.45, 7) is 2.88. The van der Waals surface area contributed by atoms with Gasteiger partial charge >= 0.3 is 5.97 Å². The second-order valence-corrected chi connectivity index (χ2v) is 6.74. The Labute approximate surface area is 106 Å². The van der Waals surface area contributed by atoms with Crippen LogP contribution in [0.1, 0.15) is 39.0 Å². The number of hydrogen-bond donors (Lipinski definition) is 2. The normalized spacial score (nSPS) is 28.6. The molecule has 2 unspecified atom stereocenters. The molecule has 0 amide bonds. The molecule has 2 atom stereocenters. The zero-order valence-corrected chi connectivity index (χ0v) is 11.5. The highest BCUT2D eigenvalue weighted by atomic mass is 32.2. The summed E-state index contributed by atoms with van der Waals surface area (Å²) in [5, 5.41) is 12.6. The molecule has 1 aliphatic carbocycles. The van der Waals surface area contributed by atoms with Gasteiger partial charge in [-0.1, -0.05) is 6.92 Å². The minimum absolute atomic E-state index is 0.143. The largest absolute Gasteiger partial charge is 0.481 e. The molecule has 1 aliphatic rings. The summed E-state index contributed by atoms with van der Waals surface area (Å²) >= 11 is 0. The maximum Gasteiger partial charge on any atom is 0.306 e. The summed E-state index contributed by atoms with van der Waals surface area (Å²) in [5.41, 5.74) is 0. The monoisotopic (exact) mass is 261 g/mol. The van der Waals surface area contributed by atoms with Crippen LogP contribution in [0.2, 0.25) is 0 Å². The van der Waals surface area contributed by atoms with E-state index in [9.17, 15) is 9.00 Å². The molecule has 0 aromatic heterocycles. The van der Waals surface area contributed by atoms with E-state index in [2.05, 4.69) is 5.32 Å². The van der Waals surface area contributed by atoms with Gasteiger partial charge in [-0.25, -0.2) is 0 Å². The quantitative estimate of drug-likeness (QED) is 0.758. The van der Waals surface area contributed by atoms with Gasteiger partial charge < -0.3 is 10.4 Å². The van der Waals surface area contributed by atoms with Gasteiger partial charge in [-0.3, -0.25) is 9.00 Å². The molecular weight excluding hydrogens is 238 g/mol. The molecule has 0 aromatic carbocycles. The molecule has 5 heteroatoms. The number of aliphatic carboxylic acids is 1. The lowest BCUT2D eigenvalue weighted by Gasteiger charge is -2.27. The maximum atomic E-state index is 11.2. The third-order valence-corrected chi connectivity index (χ3v) is 5.00. The van der Waals surface area contributed by atoms with Crippen molar-refractivity contribution in [2.75, 3.05) is 12.8 Å². The van der Waals surface area contributed by atoms with Gasteiger partial charge in [0, 0.05) is 28.3 Å². The third-order valence-electron chi connectivity index (χ3n) is 3.63. The molecule has 1 fully saturated rings. The number of nitrogens with one attached hydrogen (secondary N) is 1. The van der Waals surface area contributed by atoms with Crippen LogP contribution in [0.3, 0.4) is 0 Å². The predicted octanol–water partition coefficient (Wildman–Crippen LogP) is 1.38. The van der Waals surface area contributed by atoms with Crippen molar-refractivity contribution in [2.45, 2.75) is 50.3 Å². The van der Waals surface area contributed by atoms with Crippen LogP contribution in [0.4, 0.5) is 0 Å². The van der Waals surface area contributed by atoms with Crippen LogP contribution in [-0.4, -0.2) is 39.4 Å². The molecular formula is C12H23NO3S. The van der Waals surface area contributed by atoms with Crippen molar-refractivity contribution >= 4 is 16.8 Å². The van der Waals surface area contributed by atoms with Gasteiger partial charge in [-0.2, -0.15) is 0 Å². The molecule has 1 rings (SSSR count). The molecule has 2 N–H and O–H groups in total. The average Bonchev–Trinajstić information content (AvgIpc) is 2.29. The highest BCUT2D eigenvalue weighted by Gasteiger charge is 2.25. The first-order valence-corrected chi connectivity index (χ1v) is 7.91. The van der Waals surface area contributed by atoms with Crippen LogP contribution in [-0.2, 0) is 15.6 Å². The topological polar surface area (TPSA) is 66.4 Å². The van der Waals surface area contributed by atoms with Crippen LogP contribution in [0.5, 0.6) is 0 Å². The van der Waals surface area contributed by atoms with E-state index in [1.807, 2.05) is 6.92 Å². The van der Waals surface area contributed by atoms with Crippen molar-refractivity contribution in [1.29, 1.82) is 0 Å². The summed E-state index contributed by atoms with van der Waals surface area (Å²) in [7, 11) is -0.746. The van der Waals surface area contributed by atoms with Crippen molar-refractivity contribution < 1.29 is 14.1 Å². The van der Waals surface area contributed by atoms with E-state index in [1.54, 1.807) is 6.26 Å². The molecule has 0 radical (unpaired) electrons. The Kier molecular flexibility index (Phi) is 6.12. The molecule has 1 saturated carbocycles. The van der Waals surface area contributed by atoms with Crippen molar-refractivity contribution in [3.05, 3.63) is 0 Å². The van der Waals surface area contributed by atoms with Gasteiger partial charge in [-0.15, -0.1) is 0 Å². The first-order valence-electron chi connectivity index (χ1n) is 6.29. The van der Waals surface area contributed by atoms with Crippen LogP contribution in [0.25, 0.3) is 0 Å². The minimum atomic E-state index is -0.746. The van der Waals surface area contributed by atoms with Gasteiger partial charge in [0.2, 0.25) is 0 Å². The summed E-state index contributed by atoms with van der Waals surface area (Å²) < 4.78 is 11.2. The second kappa shape index (κ2) is 7.11. The van der Waals surface area contributed by atoms with Crippen molar-refractivity contribution in [2.24, 2.45) is 5.92 Å². The molecule has 100 valence electrons. The van der Waals surface area contributed by atoms with Crippen LogP contribution in [0.15, 0.2) is 0 Å². The van der Waals surface area contributed by atoms with E-state index in [4.69, 9.17) is 5.11 Å². The van der Waals surface area contributed by atoms with E-state index in [0.717, 1.165) is 38.6 Å². The van der Waals surface area contributed by atoms with Gasteiger partial charge in [0.05, 0.1) is 5.92 Å². The molecule has 0 aliphatic heterocycles. The Hall–Kier alpha value is -0.420. The zero-order valence-electron chi connectivity index (χ0n) is 10.6. The summed E-state index contributed by atoms with van der Waals surface area (Å²) in [4.78, 5) is 10.8. The summed E-state index contributed by atoms with van der Waals surface area (Å²) in [6.07, 6.45) is 6.11. The van der Waals surface area contributed by atoms with Crippen LogP contribution >= 0.6 is 0 Å². The predicted molar refractivity (Wildman–Crippen MR) is 69.5 cm³/mol. The van der Waals surface area contributed by atoms with Crippen molar-refractivity contribution in [1.82, 2.24) is 5.32 Å². The number of hydrogen-bond acceptors (Lipinski definition) is 3. The Morgan fingerprint density at radius 2 is 2.00 bits per heavy atom. The lowest BCUT2D eigenvalue weighted by atomic mass is 9.86. The molecule has 0 aromatic rings. The fourth-order valence-electron chi connectivity index (χ4n) is 2.20. The van der Waals surface area contributed by atoms with E-state index >= 15 is 0 Å². The number of carboxylic acids is 1. The van der Waals surface area contributed by atoms with Gasteiger partial charge in [-0.05, 0) is 38.6 Å². The summed E-state index contributed by atoms with van der Waals surface area (Å²) in [6, 6.07) is 0.447. The fraction of sp³-hybridized carbons (Fsp3) is 0.917. The molecule has 0 heterocycles. The number of carbonyl (C=O) groups is 1. The molecule has 4 nitrogen and oxygen atoms in total. The first kappa shape index (κ1) is 14.6. The Morgan fingerprint density at radius 3 is 2.47 bits per heavy atom. The lowest BCUT2D eigenvalue weighted by molar-refractivity contribution is -0.142. The van der Waals surface area contributed by atoms with Crippen molar-refractivity contribution in [3.63, 3.8) is 0 Å². The molecule has 0 saturated heterocycles. The standard InChI is InChI=1S/C12H23NO3S/c1-9(17(2)16)7-8-13-11-5-3-10(4-6-11)12(14)15/h9-11,13H,3-8H2,1-2H3,(H,14,15). The van der Waals surface area contributed by atoms with Crippen LogP contribution < -0.4 is 5.32 Å². The Balaban J connectivity index is 2.14. The van der Waals surface area contributed by atoms with E-state index < -0.39 is 16.8 Å².